The maximum absolute atomic E-state index is 13.7. The molecule has 0 saturated heterocycles. The van der Waals surface area contributed by atoms with Gasteiger partial charge in [0.25, 0.3) is 5.91 Å². The van der Waals surface area contributed by atoms with Crippen molar-refractivity contribution in [2.75, 3.05) is 20.3 Å². The second-order valence-electron chi connectivity index (χ2n) is 16.1. The summed E-state index contributed by atoms with van der Waals surface area (Å²) in [7, 11) is 1.52. The van der Waals surface area contributed by atoms with Crippen LogP contribution in [0.4, 0.5) is 9.59 Å². The Hall–Kier alpha value is -6.65. The summed E-state index contributed by atoms with van der Waals surface area (Å²) in [5.41, 5.74) is 0.866. The number of amides is 1. The standard InChI is InChI=1S/C48H55NO16/c1-4-58-47(55)64-40-22-18-38(19-23-40)60-43(51)30-8-14-36(15-9-30)62-45(53)32-26-33(28-34(27-32)49-42(50)29-6-12-35(57-3)13-7-29)46(54)63-37-16-10-31(11-17-37)44(52)61-39-20-24-41(25-21-39)65-48(56)59-5-2/h6-17,32-34,38-41H,4-5,18-28H2,1-3H3,(H,49,50). The molecular weight excluding hydrogens is 847 g/mol. The minimum absolute atomic E-state index is 0.0710. The molecule has 3 aromatic rings. The van der Waals surface area contributed by atoms with E-state index in [1.807, 2.05) is 0 Å². The number of nitrogens with one attached hydrogen (secondary N) is 1. The van der Waals surface area contributed by atoms with Gasteiger partial charge in [-0.1, -0.05) is 0 Å². The fraction of sp³-hybridized carbons (Fsp3) is 0.479. The number of rotatable bonds is 15. The molecule has 3 aliphatic rings. The van der Waals surface area contributed by atoms with E-state index in [1.54, 1.807) is 38.1 Å². The molecule has 0 bridgehead atoms. The summed E-state index contributed by atoms with van der Waals surface area (Å²) < 4.78 is 48.3. The Morgan fingerprint density at radius 2 is 0.831 bits per heavy atom. The monoisotopic (exact) mass is 901 g/mol. The third-order valence-corrected chi connectivity index (χ3v) is 11.5. The van der Waals surface area contributed by atoms with E-state index < -0.39 is 60.0 Å². The number of methoxy groups -OCH3 is 1. The molecule has 1 amide bonds. The van der Waals surface area contributed by atoms with Gasteiger partial charge < -0.3 is 47.9 Å². The first-order valence-electron chi connectivity index (χ1n) is 22.1. The minimum Gasteiger partial charge on any atom is -0.497 e. The minimum atomic E-state index is -0.820. The van der Waals surface area contributed by atoms with Crippen molar-refractivity contribution in [3.63, 3.8) is 0 Å². The smallest absolute Gasteiger partial charge is 0.497 e. The molecule has 0 spiro atoms. The molecule has 17 heteroatoms. The van der Waals surface area contributed by atoms with Crippen LogP contribution >= 0.6 is 0 Å². The topological polar surface area (TPSA) is 215 Å². The van der Waals surface area contributed by atoms with E-state index in [0.717, 1.165) is 0 Å². The quantitative estimate of drug-likeness (QED) is 0.0878. The molecule has 1 N–H and O–H groups in total. The summed E-state index contributed by atoms with van der Waals surface area (Å²) in [4.78, 5) is 89.9. The zero-order valence-electron chi connectivity index (χ0n) is 36.7. The SMILES string of the molecule is CCOC(=O)OC1CCC(OC(=O)c2ccc(OC(=O)C3CC(NC(=O)c4ccc(OC)cc4)CC(C(=O)Oc4ccc(C(=O)OC5CCC(OC(=O)OCC)CC5)cc4)C3)cc2)CC1. The largest absolute Gasteiger partial charge is 0.508 e. The third kappa shape index (κ3) is 14.2. The molecule has 3 aliphatic carbocycles. The lowest BCUT2D eigenvalue weighted by Crippen LogP contribution is -2.45. The van der Waals surface area contributed by atoms with Crippen molar-refractivity contribution in [3.05, 3.63) is 89.5 Å². The van der Waals surface area contributed by atoms with Crippen LogP contribution in [0.3, 0.4) is 0 Å². The van der Waals surface area contributed by atoms with Crippen LogP contribution in [0, 0.1) is 11.8 Å². The van der Waals surface area contributed by atoms with Gasteiger partial charge in [-0.2, -0.15) is 0 Å². The molecule has 348 valence electrons. The van der Waals surface area contributed by atoms with Gasteiger partial charge in [-0.05, 0) is 157 Å². The first-order valence-corrected chi connectivity index (χ1v) is 22.1. The molecule has 65 heavy (non-hydrogen) atoms. The van der Waals surface area contributed by atoms with Crippen LogP contribution in [0.15, 0.2) is 72.8 Å². The zero-order valence-corrected chi connectivity index (χ0v) is 36.7. The number of ether oxygens (including phenoxy) is 9. The van der Waals surface area contributed by atoms with Gasteiger partial charge >= 0.3 is 36.2 Å². The van der Waals surface area contributed by atoms with Crippen molar-refractivity contribution in [2.45, 2.75) is 115 Å². The van der Waals surface area contributed by atoms with E-state index in [9.17, 15) is 33.6 Å². The second-order valence-corrected chi connectivity index (χ2v) is 16.1. The van der Waals surface area contributed by atoms with E-state index in [0.29, 0.717) is 62.7 Å². The second kappa shape index (κ2) is 23.3. The normalized spacial score (nSPS) is 22.7. The summed E-state index contributed by atoms with van der Waals surface area (Å²) in [6.07, 6.45) is 1.92. The number of benzene rings is 3. The Morgan fingerprint density at radius 1 is 0.477 bits per heavy atom. The van der Waals surface area contributed by atoms with Crippen molar-refractivity contribution in [1.29, 1.82) is 0 Å². The Morgan fingerprint density at radius 3 is 1.20 bits per heavy atom. The Kier molecular flexibility index (Phi) is 17.2. The highest BCUT2D eigenvalue weighted by Crippen LogP contribution is 2.33. The molecule has 6 rings (SSSR count). The van der Waals surface area contributed by atoms with Crippen molar-refractivity contribution >= 4 is 42.1 Å². The molecule has 0 radical (unpaired) electrons. The number of hydrogen-bond donors (Lipinski definition) is 1. The van der Waals surface area contributed by atoms with Gasteiger partial charge in [0.15, 0.2) is 0 Å². The molecule has 2 unspecified atom stereocenters. The average molecular weight is 902 g/mol. The van der Waals surface area contributed by atoms with E-state index >= 15 is 0 Å². The average Bonchev–Trinajstić information content (AvgIpc) is 3.30. The van der Waals surface area contributed by atoms with Gasteiger partial charge in [0.2, 0.25) is 0 Å². The van der Waals surface area contributed by atoms with Gasteiger partial charge in [0.05, 0.1) is 43.3 Å². The number of hydrogen-bond acceptors (Lipinski definition) is 16. The van der Waals surface area contributed by atoms with Gasteiger partial charge in [0.1, 0.15) is 41.7 Å². The predicted octanol–water partition coefficient (Wildman–Crippen LogP) is 7.70. The summed E-state index contributed by atoms with van der Waals surface area (Å²) in [5, 5.41) is 2.95. The molecule has 3 aromatic carbocycles. The zero-order chi connectivity index (χ0) is 46.3. The highest BCUT2D eigenvalue weighted by Gasteiger charge is 2.39. The van der Waals surface area contributed by atoms with Crippen LogP contribution in [0.5, 0.6) is 17.2 Å². The lowest BCUT2D eigenvalue weighted by Gasteiger charge is -2.33. The van der Waals surface area contributed by atoms with Gasteiger partial charge in [-0.15, -0.1) is 0 Å². The van der Waals surface area contributed by atoms with Crippen LogP contribution in [0.2, 0.25) is 0 Å². The van der Waals surface area contributed by atoms with Crippen LogP contribution in [0.1, 0.15) is 116 Å². The van der Waals surface area contributed by atoms with Crippen molar-refractivity contribution in [3.8, 4) is 17.2 Å². The first kappa shape index (κ1) is 47.8. The van der Waals surface area contributed by atoms with Crippen LogP contribution < -0.4 is 19.5 Å². The molecule has 0 aromatic heterocycles. The fourth-order valence-electron chi connectivity index (χ4n) is 8.10. The molecule has 0 aliphatic heterocycles. The Balaban J connectivity index is 1.04. The van der Waals surface area contributed by atoms with Crippen LogP contribution in [-0.2, 0) is 38.0 Å². The van der Waals surface area contributed by atoms with Crippen molar-refractivity contribution in [2.24, 2.45) is 11.8 Å². The van der Waals surface area contributed by atoms with E-state index in [1.165, 1.54) is 55.6 Å². The lowest BCUT2D eigenvalue weighted by atomic mass is 9.78. The van der Waals surface area contributed by atoms with E-state index in [4.69, 9.17) is 42.6 Å². The molecule has 3 saturated carbocycles. The predicted molar refractivity (Wildman–Crippen MR) is 228 cm³/mol. The Labute approximate surface area is 376 Å². The van der Waals surface area contributed by atoms with E-state index in [2.05, 4.69) is 5.32 Å². The summed E-state index contributed by atoms with van der Waals surface area (Å²) in [6, 6.07) is 17.8. The Bertz CT molecular complexity index is 1990. The third-order valence-electron chi connectivity index (χ3n) is 11.5. The number of esters is 4. The summed E-state index contributed by atoms with van der Waals surface area (Å²) in [6.45, 7) is 3.83. The fourth-order valence-corrected chi connectivity index (χ4v) is 8.10. The van der Waals surface area contributed by atoms with Gasteiger partial charge in [-0.25, -0.2) is 19.2 Å². The van der Waals surface area contributed by atoms with Crippen molar-refractivity contribution in [1.82, 2.24) is 5.32 Å². The van der Waals surface area contributed by atoms with Crippen molar-refractivity contribution < 1.29 is 76.2 Å². The molecule has 2 atom stereocenters. The lowest BCUT2D eigenvalue weighted by molar-refractivity contribution is -0.145. The molecule has 0 heterocycles. The highest BCUT2D eigenvalue weighted by atomic mass is 16.7. The number of carbonyl (C=O) groups excluding carboxylic acids is 7. The van der Waals surface area contributed by atoms with Gasteiger partial charge in [0, 0.05) is 11.6 Å². The van der Waals surface area contributed by atoms with Crippen LogP contribution in [-0.4, -0.2) is 92.9 Å². The van der Waals surface area contributed by atoms with Crippen LogP contribution in [0.25, 0.3) is 0 Å². The number of carbonyl (C=O) groups is 7. The maximum Gasteiger partial charge on any atom is 0.508 e. The van der Waals surface area contributed by atoms with E-state index in [-0.39, 0.29) is 79.5 Å². The maximum atomic E-state index is 13.7. The summed E-state index contributed by atoms with van der Waals surface area (Å²) in [5.74, 6) is -3.50. The highest BCUT2D eigenvalue weighted by molar-refractivity contribution is 5.95. The summed E-state index contributed by atoms with van der Waals surface area (Å²) >= 11 is 0. The molecular formula is C48H55NO16. The molecule has 17 nitrogen and oxygen atoms in total. The first-order chi connectivity index (χ1) is 31.4. The van der Waals surface area contributed by atoms with Gasteiger partial charge in [-0.3, -0.25) is 14.4 Å². The molecule has 3 fully saturated rings.